The zero-order valence-electron chi connectivity index (χ0n) is 13.9. The molecule has 128 valence electrons. The SMILES string of the molecule is CC1CCC(NC(=O)C(C)Oc2ccccc2C#N)(C(=O)O)CC1. The van der Waals surface area contributed by atoms with Gasteiger partial charge in [-0.25, -0.2) is 4.79 Å². The summed E-state index contributed by atoms with van der Waals surface area (Å²) in [6, 6.07) is 8.63. The average molecular weight is 330 g/mol. The Morgan fingerprint density at radius 1 is 1.38 bits per heavy atom. The summed E-state index contributed by atoms with van der Waals surface area (Å²) in [4.78, 5) is 24.1. The Balaban J connectivity index is 2.07. The van der Waals surface area contributed by atoms with Crippen LogP contribution in [-0.4, -0.2) is 28.6 Å². The first kappa shape index (κ1) is 17.8. The third-order valence-corrected chi connectivity index (χ3v) is 4.58. The molecular formula is C18H22N2O4. The van der Waals surface area contributed by atoms with Crippen molar-refractivity contribution in [3.05, 3.63) is 29.8 Å². The third kappa shape index (κ3) is 3.85. The number of carboxylic acid groups (broad SMARTS) is 1. The van der Waals surface area contributed by atoms with Crippen LogP contribution in [0.2, 0.25) is 0 Å². The molecule has 1 amide bonds. The Morgan fingerprint density at radius 2 is 2.00 bits per heavy atom. The fourth-order valence-electron chi connectivity index (χ4n) is 2.89. The fourth-order valence-corrected chi connectivity index (χ4v) is 2.89. The number of carboxylic acids is 1. The molecule has 1 aromatic rings. The van der Waals surface area contributed by atoms with Crippen molar-refractivity contribution in [2.24, 2.45) is 5.92 Å². The van der Waals surface area contributed by atoms with Crippen LogP contribution in [0.4, 0.5) is 0 Å². The molecule has 1 atom stereocenters. The molecule has 0 radical (unpaired) electrons. The maximum absolute atomic E-state index is 12.4. The van der Waals surface area contributed by atoms with Gasteiger partial charge in [-0.2, -0.15) is 5.26 Å². The third-order valence-electron chi connectivity index (χ3n) is 4.58. The summed E-state index contributed by atoms with van der Waals surface area (Å²) < 4.78 is 5.56. The van der Waals surface area contributed by atoms with Crippen LogP contribution in [0.25, 0.3) is 0 Å². The summed E-state index contributed by atoms with van der Waals surface area (Å²) in [5.41, 5.74) is -0.896. The van der Waals surface area contributed by atoms with E-state index in [1.807, 2.05) is 6.07 Å². The van der Waals surface area contributed by atoms with Crippen molar-refractivity contribution in [2.75, 3.05) is 0 Å². The monoisotopic (exact) mass is 330 g/mol. The highest BCUT2D eigenvalue weighted by Gasteiger charge is 2.43. The maximum atomic E-state index is 12.4. The topological polar surface area (TPSA) is 99.4 Å². The number of hydrogen-bond donors (Lipinski definition) is 2. The van der Waals surface area contributed by atoms with E-state index in [4.69, 9.17) is 10.00 Å². The molecule has 1 aromatic carbocycles. The van der Waals surface area contributed by atoms with Crippen molar-refractivity contribution >= 4 is 11.9 Å². The number of nitriles is 1. The largest absolute Gasteiger partial charge is 0.480 e. The number of aliphatic carboxylic acids is 1. The molecule has 1 unspecified atom stereocenters. The van der Waals surface area contributed by atoms with E-state index in [-0.39, 0.29) is 0 Å². The van der Waals surface area contributed by atoms with Gasteiger partial charge in [-0.1, -0.05) is 19.1 Å². The molecule has 1 aliphatic carbocycles. The van der Waals surface area contributed by atoms with Crippen LogP contribution in [0, 0.1) is 17.2 Å². The van der Waals surface area contributed by atoms with Gasteiger partial charge in [0.05, 0.1) is 5.56 Å². The van der Waals surface area contributed by atoms with Gasteiger partial charge in [-0.05, 0) is 50.7 Å². The number of nitrogens with zero attached hydrogens (tertiary/aromatic N) is 1. The lowest BCUT2D eigenvalue weighted by molar-refractivity contribution is -0.150. The molecule has 0 aliphatic heterocycles. The summed E-state index contributed by atoms with van der Waals surface area (Å²) in [5.74, 6) is -0.720. The van der Waals surface area contributed by atoms with Gasteiger partial charge in [0.15, 0.2) is 6.10 Å². The number of rotatable bonds is 5. The predicted octanol–water partition coefficient (Wildman–Crippen LogP) is 2.48. The van der Waals surface area contributed by atoms with Gasteiger partial charge in [0.25, 0.3) is 5.91 Å². The van der Waals surface area contributed by atoms with Crippen LogP contribution >= 0.6 is 0 Å². The second kappa shape index (κ2) is 7.35. The minimum atomic E-state index is -1.23. The Bertz CT molecular complexity index is 657. The van der Waals surface area contributed by atoms with Crippen molar-refractivity contribution in [3.8, 4) is 11.8 Å². The highest BCUT2D eigenvalue weighted by atomic mass is 16.5. The Morgan fingerprint density at radius 3 is 2.58 bits per heavy atom. The van der Waals surface area contributed by atoms with Crippen LogP contribution in [0.3, 0.4) is 0 Å². The first-order valence-electron chi connectivity index (χ1n) is 8.09. The molecule has 0 saturated heterocycles. The number of carbonyl (C=O) groups is 2. The van der Waals surface area contributed by atoms with E-state index >= 15 is 0 Å². The van der Waals surface area contributed by atoms with E-state index in [0.29, 0.717) is 30.1 Å². The summed E-state index contributed by atoms with van der Waals surface area (Å²) in [6.07, 6.45) is 1.46. The van der Waals surface area contributed by atoms with Gasteiger partial charge >= 0.3 is 5.97 Å². The first-order valence-corrected chi connectivity index (χ1v) is 8.09. The number of carbonyl (C=O) groups excluding carboxylic acids is 1. The van der Waals surface area contributed by atoms with Crippen molar-refractivity contribution in [3.63, 3.8) is 0 Å². The minimum absolute atomic E-state index is 0.310. The van der Waals surface area contributed by atoms with Crippen LogP contribution in [-0.2, 0) is 9.59 Å². The standard InChI is InChI=1S/C18H22N2O4/c1-12-7-9-18(10-8-12,17(22)23)20-16(21)13(2)24-15-6-4-3-5-14(15)11-19/h3-6,12-13H,7-10H2,1-2H3,(H,20,21)(H,22,23). The molecule has 24 heavy (non-hydrogen) atoms. The fraction of sp³-hybridized carbons (Fsp3) is 0.500. The molecule has 2 rings (SSSR count). The highest BCUT2D eigenvalue weighted by molar-refractivity contribution is 5.89. The van der Waals surface area contributed by atoms with Crippen molar-refractivity contribution in [1.82, 2.24) is 5.32 Å². The second-order valence-electron chi connectivity index (χ2n) is 6.43. The number of ether oxygens (including phenoxy) is 1. The Labute approximate surface area is 141 Å². The molecule has 0 aromatic heterocycles. The average Bonchev–Trinajstić information content (AvgIpc) is 2.57. The van der Waals surface area contributed by atoms with E-state index in [1.54, 1.807) is 31.2 Å². The number of hydrogen-bond acceptors (Lipinski definition) is 4. The van der Waals surface area contributed by atoms with E-state index < -0.39 is 23.5 Å². The number of para-hydroxylation sites is 1. The van der Waals surface area contributed by atoms with Crippen LogP contribution < -0.4 is 10.1 Å². The summed E-state index contributed by atoms with van der Waals surface area (Å²) in [7, 11) is 0. The highest BCUT2D eigenvalue weighted by Crippen LogP contribution is 2.32. The van der Waals surface area contributed by atoms with Gasteiger partial charge in [-0.15, -0.1) is 0 Å². The van der Waals surface area contributed by atoms with Crippen LogP contribution in [0.5, 0.6) is 5.75 Å². The lowest BCUT2D eigenvalue weighted by Gasteiger charge is -2.37. The quantitative estimate of drug-likeness (QED) is 0.864. The number of benzene rings is 1. The Hall–Kier alpha value is -2.55. The molecule has 1 fully saturated rings. The van der Waals surface area contributed by atoms with Crippen LogP contribution in [0.1, 0.15) is 45.1 Å². The molecule has 0 heterocycles. The molecule has 6 heteroatoms. The summed E-state index contributed by atoms with van der Waals surface area (Å²) in [5, 5.41) is 21.3. The van der Waals surface area contributed by atoms with Crippen molar-refractivity contribution < 1.29 is 19.4 Å². The normalized spacial score (nSPS) is 24.5. The first-order chi connectivity index (χ1) is 11.4. The second-order valence-corrected chi connectivity index (χ2v) is 6.43. The maximum Gasteiger partial charge on any atom is 0.329 e. The van der Waals surface area contributed by atoms with Crippen molar-refractivity contribution in [2.45, 2.75) is 51.2 Å². The smallest absolute Gasteiger partial charge is 0.329 e. The van der Waals surface area contributed by atoms with Gasteiger partial charge in [0, 0.05) is 0 Å². The van der Waals surface area contributed by atoms with Gasteiger partial charge < -0.3 is 15.2 Å². The van der Waals surface area contributed by atoms with Gasteiger partial charge in [0.1, 0.15) is 17.4 Å². The lowest BCUT2D eigenvalue weighted by atomic mass is 9.77. The van der Waals surface area contributed by atoms with E-state index in [1.165, 1.54) is 0 Å². The van der Waals surface area contributed by atoms with Crippen molar-refractivity contribution in [1.29, 1.82) is 5.26 Å². The zero-order valence-corrected chi connectivity index (χ0v) is 13.9. The lowest BCUT2D eigenvalue weighted by Crippen LogP contribution is -2.58. The number of amides is 1. The van der Waals surface area contributed by atoms with E-state index in [0.717, 1.165) is 12.8 Å². The van der Waals surface area contributed by atoms with E-state index in [9.17, 15) is 14.7 Å². The van der Waals surface area contributed by atoms with Gasteiger partial charge in [0.2, 0.25) is 0 Å². The Kier molecular flexibility index (Phi) is 5.45. The van der Waals surface area contributed by atoms with Gasteiger partial charge in [-0.3, -0.25) is 4.79 Å². The molecular weight excluding hydrogens is 308 g/mol. The molecule has 1 aliphatic rings. The summed E-state index contributed by atoms with van der Waals surface area (Å²) in [6.45, 7) is 3.63. The molecule has 0 spiro atoms. The summed E-state index contributed by atoms with van der Waals surface area (Å²) >= 11 is 0. The molecule has 2 N–H and O–H groups in total. The van der Waals surface area contributed by atoms with E-state index in [2.05, 4.69) is 12.2 Å². The van der Waals surface area contributed by atoms with Crippen LogP contribution in [0.15, 0.2) is 24.3 Å². The zero-order chi connectivity index (χ0) is 17.7. The minimum Gasteiger partial charge on any atom is -0.480 e. The number of nitrogens with one attached hydrogen (secondary N) is 1. The molecule has 6 nitrogen and oxygen atoms in total. The molecule has 0 bridgehead atoms. The predicted molar refractivity (Wildman–Crippen MR) is 87.4 cm³/mol. The molecule has 1 saturated carbocycles.